The third-order valence-corrected chi connectivity index (χ3v) is 3.10. The minimum atomic E-state index is -0.314. The lowest BCUT2D eigenvalue weighted by atomic mass is 10.0. The Kier molecular flexibility index (Phi) is 5.54. The summed E-state index contributed by atoms with van der Waals surface area (Å²) in [5, 5.41) is 9.13. The number of nitriles is 1. The van der Waals surface area contributed by atoms with Crippen LogP contribution in [0.2, 0.25) is 0 Å². The van der Waals surface area contributed by atoms with Crippen molar-refractivity contribution in [3.05, 3.63) is 77.5 Å². The molecule has 4 nitrogen and oxygen atoms in total. The van der Waals surface area contributed by atoms with Gasteiger partial charge in [-0.2, -0.15) is 5.26 Å². The Balaban J connectivity index is 2.13. The van der Waals surface area contributed by atoms with Crippen molar-refractivity contribution < 1.29 is 9.53 Å². The lowest BCUT2D eigenvalue weighted by Crippen LogP contribution is -2.09. The number of benzene rings is 2. The molecule has 0 N–H and O–H groups in total. The van der Waals surface area contributed by atoms with Crippen LogP contribution in [0.3, 0.4) is 0 Å². The zero-order valence-corrected chi connectivity index (χ0v) is 13.2. The second-order valence-corrected chi connectivity index (χ2v) is 5.25. The molecule has 0 aliphatic rings. The van der Waals surface area contributed by atoms with Crippen LogP contribution in [0.4, 0.5) is 0 Å². The first-order chi connectivity index (χ1) is 11.1. The number of hydrogen-bond donors (Lipinski definition) is 0. The maximum atomic E-state index is 12.4. The Labute approximate surface area is 136 Å². The molecule has 0 atom stereocenters. The largest absolute Gasteiger partial charge is 0.489 e. The number of Topliss-reactive ketones (excluding diaryl/α,β-unsaturated/α-hetero) is 1. The molecule has 0 aliphatic heterocycles. The first kappa shape index (κ1) is 16.3. The Morgan fingerprint density at radius 3 is 2.57 bits per heavy atom. The van der Waals surface area contributed by atoms with Gasteiger partial charge in [0.25, 0.3) is 0 Å². The summed E-state index contributed by atoms with van der Waals surface area (Å²) in [6.07, 6.45) is 1.51. The van der Waals surface area contributed by atoms with Crippen LogP contribution in [-0.2, 0) is 6.61 Å². The van der Waals surface area contributed by atoms with E-state index in [1.54, 1.807) is 43.3 Å². The molecule has 0 amide bonds. The molecule has 23 heavy (non-hydrogen) atoms. The average molecular weight is 306 g/mol. The average Bonchev–Trinajstić information content (AvgIpc) is 2.58. The van der Waals surface area contributed by atoms with E-state index in [-0.39, 0.29) is 11.4 Å². The normalized spacial score (nSPS) is 10.7. The van der Waals surface area contributed by atoms with Crippen molar-refractivity contribution in [2.45, 2.75) is 6.61 Å². The summed E-state index contributed by atoms with van der Waals surface area (Å²) in [6.45, 7) is 0.428. The van der Waals surface area contributed by atoms with Crippen molar-refractivity contribution >= 4 is 5.78 Å². The van der Waals surface area contributed by atoms with E-state index in [1.807, 2.05) is 36.4 Å². The Hall–Kier alpha value is -3.06. The summed E-state index contributed by atoms with van der Waals surface area (Å²) in [4.78, 5) is 14.0. The van der Waals surface area contributed by atoms with E-state index in [4.69, 9.17) is 10.00 Å². The van der Waals surface area contributed by atoms with Crippen molar-refractivity contribution in [1.29, 1.82) is 5.26 Å². The third kappa shape index (κ3) is 4.72. The molecular weight excluding hydrogens is 288 g/mol. The van der Waals surface area contributed by atoms with Crippen LogP contribution >= 0.6 is 0 Å². The predicted molar refractivity (Wildman–Crippen MR) is 88.9 cm³/mol. The molecule has 0 saturated carbocycles. The van der Waals surface area contributed by atoms with E-state index >= 15 is 0 Å². The molecule has 0 radical (unpaired) electrons. The molecule has 0 fully saturated rings. The fourth-order valence-electron chi connectivity index (χ4n) is 2.02. The molecule has 0 heterocycles. The zero-order valence-electron chi connectivity index (χ0n) is 13.2. The molecule has 116 valence electrons. The van der Waals surface area contributed by atoms with E-state index in [0.717, 1.165) is 5.56 Å². The summed E-state index contributed by atoms with van der Waals surface area (Å²) in [5.41, 5.74) is 1.58. The van der Waals surface area contributed by atoms with Gasteiger partial charge in [0.1, 0.15) is 24.0 Å². The molecule has 0 bridgehead atoms. The minimum absolute atomic E-state index is 0.0928. The van der Waals surface area contributed by atoms with Gasteiger partial charge in [0.2, 0.25) is 5.78 Å². The van der Waals surface area contributed by atoms with Crippen molar-refractivity contribution in [2.24, 2.45) is 0 Å². The van der Waals surface area contributed by atoms with Gasteiger partial charge in [0.05, 0.1) is 0 Å². The molecule has 4 heteroatoms. The number of carbonyl (C=O) groups excluding carboxylic acids is 1. The van der Waals surface area contributed by atoms with Crippen LogP contribution in [0, 0.1) is 11.3 Å². The van der Waals surface area contributed by atoms with Crippen molar-refractivity contribution in [1.82, 2.24) is 4.90 Å². The van der Waals surface area contributed by atoms with Gasteiger partial charge in [-0.1, -0.05) is 42.5 Å². The minimum Gasteiger partial charge on any atom is -0.489 e. The fourth-order valence-corrected chi connectivity index (χ4v) is 2.02. The number of hydrogen-bond acceptors (Lipinski definition) is 4. The van der Waals surface area contributed by atoms with Crippen LogP contribution in [0.25, 0.3) is 0 Å². The monoisotopic (exact) mass is 306 g/mol. The second kappa shape index (κ2) is 7.81. The number of carbonyl (C=O) groups is 1. The van der Waals surface area contributed by atoms with Gasteiger partial charge in [0, 0.05) is 25.9 Å². The summed E-state index contributed by atoms with van der Waals surface area (Å²) in [7, 11) is 3.54. The van der Waals surface area contributed by atoms with Gasteiger partial charge in [0.15, 0.2) is 0 Å². The standard InChI is InChI=1S/C19H18N2O2/c1-21(2)13-17(12-20)19(22)16-9-6-10-18(11-16)23-14-15-7-4-3-5-8-15/h3-11,13H,14H2,1-2H3. The van der Waals surface area contributed by atoms with E-state index in [1.165, 1.54) is 6.20 Å². The van der Waals surface area contributed by atoms with Crippen LogP contribution < -0.4 is 4.74 Å². The molecule has 0 unspecified atom stereocenters. The van der Waals surface area contributed by atoms with Crippen molar-refractivity contribution in [3.8, 4) is 11.8 Å². The SMILES string of the molecule is CN(C)C=C(C#N)C(=O)c1cccc(OCc2ccccc2)c1. The molecule has 0 spiro atoms. The Bertz CT molecular complexity index is 743. The van der Waals surface area contributed by atoms with E-state index in [0.29, 0.717) is 17.9 Å². The van der Waals surface area contributed by atoms with Crippen molar-refractivity contribution in [3.63, 3.8) is 0 Å². The van der Waals surface area contributed by atoms with Crippen molar-refractivity contribution in [2.75, 3.05) is 14.1 Å². The maximum Gasteiger partial charge on any atom is 0.205 e. The van der Waals surface area contributed by atoms with Crippen LogP contribution in [0.1, 0.15) is 15.9 Å². The summed E-state index contributed by atoms with van der Waals surface area (Å²) in [5.74, 6) is 0.285. The summed E-state index contributed by atoms with van der Waals surface area (Å²) in [6, 6.07) is 18.6. The van der Waals surface area contributed by atoms with Gasteiger partial charge in [-0.05, 0) is 17.7 Å². The Morgan fingerprint density at radius 1 is 1.17 bits per heavy atom. The lowest BCUT2D eigenvalue weighted by molar-refractivity contribution is 0.103. The number of allylic oxidation sites excluding steroid dienone is 1. The number of nitrogens with zero attached hydrogens (tertiary/aromatic N) is 2. The summed E-state index contributed by atoms with van der Waals surface area (Å²) < 4.78 is 5.71. The number of ketones is 1. The highest BCUT2D eigenvalue weighted by Crippen LogP contribution is 2.18. The maximum absolute atomic E-state index is 12.4. The Morgan fingerprint density at radius 2 is 1.91 bits per heavy atom. The van der Waals surface area contributed by atoms with Gasteiger partial charge in [-0.15, -0.1) is 0 Å². The topological polar surface area (TPSA) is 53.3 Å². The smallest absolute Gasteiger partial charge is 0.205 e. The number of ether oxygens (including phenoxy) is 1. The summed E-state index contributed by atoms with van der Waals surface area (Å²) >= 11 is 0. The zero-order chi connectivity index (χ0) is 16.7. The van der Waals surface area contributed by atoms with Crippen LogP contribution in [0.5, 0.6) is 5.75 Å². The van der Waals surface area contributed by atoms with Gasteiger partial charge >= 0.3 is 0 Å². The van der Waals surface area contributed by atoms with E-state index < -0.39 is 0 Å². The van der Waals surface area contributed by atoms with E-state index in [9.17, 15) is 4.79 Å². The molecule has 0 aliphatic carbocycles. The van der Waals surface area contributed by atoms with Gasteiger partial charge in [-0.25, -0.2) is 0 Å². The second-order valence-electron chi connectivity index (χ2n) is 5.25. The molecule has 2 rings (SSSR count). The predicted octanol–water partition coefficient (Wildman–Crippen LogP) is 3.42. The highest BCUT2D eigenvalue weighted by atomic mass is 16.5. The molecule has 0 saturated heterocycles. The highest BCUT2D eigenvalue weighted by Gasteiger charge is 2.13. The molecule has 0 aromatic heterocycles. The molecule has 2 aromatic carbocycles. The quantitative estimate of drug-likeness (QED) is 0.466. The first-order valence-corrected chi connectivity index (χ1v) is 7.20. The van der Waals surface area contributed by atoms with Crippen LogP contribution in [-0.4, -0.2) is 24.8 Å². The van der Waals surface area contributed by atoms with Gasteiger partial charge in [-0.3, -0.25) is 4.79 Å². The molecular formula is C19H18N2O2. The fraction of sp³-hybridized carbons (Fsp3) is 0.158. The first-order valence-electron chi connectivity index (χ1n) is 7.20. The third-order valence-electron chi connectivity index (χ3n) is 3.10. The number of rotatable bonds is 6. The van der Waals surface area contributed by atoms with Gasteiger partial charge < -0.3 is 9.64 Å². The van der Waals surface area contributed by atoms with Crippen LogP contribution in [0.15, 0.2) is 66.4 Å². The van der Waals surface area contributed by atoms with E-state index in [2.05, 4.69) is 0 Å². The highest BCUT2D eigenvalue weighted by molar-refractivity contribution is 6.11. The molecule has 2 aromatic rings. The lowest BCUT2D eigenvalue weighted by Gasteiger charge is -2.09.